The number of thiazole rings is 1. The molecule has 1 aromatic heterocycles. The third kappa shape index (κ3) is 39.2. The van der Waals surface area contributed by atoms with Crippen LogP contribution in [0, 0.1) is 34.0 Å². The van der Waals surface area contributed by atoms with Crippen LogP contribution < -0.4 is 25.4 Å². The van der Waals surface area contributed by atoms with Crippen LogP contribution >= 0.6 is 90.9 Å². The second kappa shape index (κ2) is 54.8. The van der Waals surface area contributed by atoms with Crippen molar-refractivity contribution in [3.8, 4) is 18.2 Å². The number of methoxy groups -OCH3 is 1. The van der Waals surface area contributed by atoms with Crippen molar-refractivity contribution in [3.05, 3.63) is 76.9 Å². The largest absolute Gasteiger partial charge is 0.497 e. The highest BCUT2D eigenvalue weighted by Gasteiger charge is 2.36. The molecule has 3 fully saturated rings. The van der Waals surface area contributed by atoms with Crippen molar-refractivity contribution in [2.45, 2.75) is 108 Å². The zero-order valence-electron chi connectivity index (χ0n) is 58.2. The van der Waals surface area contributed by atoms with Crippen LogP contribution in [-0.2, 0) is 86.7 Å². The highest BCUT2D eigenvalue weighted by atomic mass is 32.2. The standard InChI is InChI=1S/C12H12N2O4S3.C8H9NO3S.C7H10N2O3S.C7H8N2O3.C7H7NO3S2.C7H18O3Si.C5H5NO2.C4H6NO3P.C2H4O2/c1-3-6-9(17)14(5-7(15)16)11(20-6)8-10(18)13(4-2)12(19)21-8;1-2-5-3-6(13)9(8(5)12)4-7(10)11;1-2-4-6(12)9-7(8-4)13-3-5(10)11;1-2-5(3-8)7(12)9-4-6(10)11;1-2-4-6(11)8(3-5(9)10)7(12)13-4;1-5-8-11(4,9-6-2)10-7-3;1-2-4(3-6)5(7)8;1-2-4(3-5)9(6,7)8;1-4-2-3/h3H,4-5H2,1-2H3,(H,15,16);2H,3-4H2,1H3,(H,10,11);4H,2-3H2,1H3,(H,10,11)(H,8,9,12);2H,4H2,1H3,(H,9,12)(H,10,11);2H,3H2,1H3,(H,9,10);5-7H2,1-4H3;2H,1H3,(H,7,8);2H,1H3,(H2,6,7,8);2H,1H3/b6-3+,11-8+;5-2-;;5-2+;4-2+;;2*4-2+;. The quantitative estimate of drug-likeness (QED) is 0.0198. The van der Waals surface area contributed by atoms with E-state index in [1.54, 1.807) is 52.0 Å². The van der Waals surface area contributed by atoms with Gasteiger partial charge < -0.3 is 69.1 Å². The summed E-state index contributed by atoms with van der Waals surface area (Å²) in [6, 6.07) is 4.20. The van der Waals surface area contributed by atoms with E-state index in [0.29, 0.717) is 89.1 Å². The lowest BCUT2D eigenvalue weighted by Crippen LogP contribution is -2.42. The first-order chi connectivity index (χ1) is 48.6. The van der Waals surface area contributed by atoms with Crippen molar-refractivity contribution in [3.63, 3.8) is 0 Å². The molecule has 5 amide bonds. The van der Waals surface area contributed by atoms with Gasteiger partial charge in [0.1, 0.15) is 85.1 Å². The van der Waals surface area contributed by atoms with Gasteiger partial charge >= 0.3 is 52.2 Å². The van der Waals surface area contributed by atoms with Crippen molar-refractivity contribution in [1.29, 1.82) is 15.8 Å². The number of hydrogen-bond acceptors (Lipinski definition) is 29. The Morgan fingerprint density at radius 1 is 0.702 bits per heavy atom. The number of aromatic nitrogens is 1. The number of amidine groups is 1. The van der Waals surface area contributed by atoms with E-state index in [1.165, 1.54) is 57.1 Å². The predicted molar refractivity (Wildman–Crippen MR) is 398 cm³/mol. The van der Waals surface area contributed by atoms with Gasteiger partial charge in [0, 0.05) is 44.9 Å². The van der Waals surface area contributed by atoms with Crippen LogP contribution in [0.3, 0.4) is 0 Å². The summed E-state index contributed by atoms with van der Waals surface area (Å²) < 4.78 is 32.9. The van der Waals surface area contributed by atoms with Crippen LogP contribution in [0.1, 0.15) is 89.0 Å². The zero-order chi connectivity index (χ0) is 81.4. The van der Waals surface area contributed by atoms with Crippen molar-refractivity contribution in [2.24, 2.45) is 4.99 Å². The number of aliphatic carboxylic acids is 6. The third-order valence-electron chi connectivity index (χ3n) is 11.3. The number of hydrogen-bond donors (Lipinski definition) is 10. The molecule has 1 unspecified atom stereocenters. The van der Waals surface area contributed by atoms with Gasteiger partial charge in [-0.1, -0.05) is 115 Å². The summed E-state index contributed by atoms with van der Waals surface area (Å²) in [5.41, 5.74) is -0.130. The van der Waals surface area contributed by atoms with Gasteiger partial charge in [0.2, 0.25) is 0 Å². The number of aliphatic imine (C=N–C) groups is 1. The number of ether oxygens (including phenoxy) is 1. The van der Waals surface area contributed by atoms with Gasteiger partial charge in [0.25, 0.3) is 41.6 Å². The predicted octanol–water partition coefficient (Wildman–Crippen LogP) is 3.51. The van der Waals surface area contributed by atoms with Crippen LogP contribution in [0.5, 0.6) is 0 Å². The Balaban J connectivity index is -0.000000554. The molecule has 4 aliphatic heterocycles. The molecule has 0 saturated carbocycles. The van der Waals surface area contributed by atoms with Crippen molar-refractivity contribution >= 4 is 201 Å². The number of nitrogens with one attached hydrogen (secondary N) is 2. The lowest BCUT2D eigenvalue weighted by Gasteiger charge is -2.23. The van der Waals surface area contributed by atoms with E-state index in [4.69, 9.17) is 111 Å². The molecule has 10 N–H and O–H groups in total. The molecule has 0 aromatic carbocycles. The smallest absolute Gasteiger partial charge is 0.481 e. The number of carboxylic acids is 6. The number of allylic oxidation sites excluding steroid dienone is 6. The Kier molecular flexibility index (Phi) is 53.5. The molecule has 0 radical (unpaired) electrons. The number of nitriles is 3. The molecule has 3 saturated heterocycles. The number of likely N-dealkylation sites (tertiary alicyclic amines) is 1. The monoisotopic (exact) mass is 1630 g/mol. The molecule has 5 heterocycles. The Hall–Kier alpha value is -8.78. The Bertz CT molecular complexity index is 3800. The normalized spacial score (nSPS) is 16.0. The van der Waals surface area contributed by atoms with Crippen LogP contribution in [0.2, 0.25) is 6.55 Å². The summed E-state index contributed by atoms with van der Waals surface area (Å²) >= 11 is 19.2. The fraction of sp³-hybridized carbons (Fsp3) is 0.424. The number of carbonyl (C=O) groups is 12. The molecular formula is C59H79N10O26PS7Si. The maximum absolute atomic E-state index is 12.3. The minimum Gasteiger partial charge on any atom is -0.481 e. The lowest BCUT2D eigenvalue weighted by atomic mass is 10.2. The number of thioether (sulfide) groups is 3. The van der Waals surface area contributed by atoms with Crippen molar-refractivity contribution < 1.29 is 121 Å². The molecule has 104 heavy (non-hydrogen) atoms. The topological polar surface area (TPSA) is 560 Å². The summed E-state index contributed by atoms with van der Waals surface area (Å²) in [5, 5.41) is 79.5. The summed E-state index contributed by atoms with van der Waals surface area (Å²) in [6.07, 6.45) is 9.59. The van der Waals surface area contributed by atoms with E-state index >= 15 is 0 Å². The number of thiocarbonyl (C=S) groups is 3. The fourth-order valence-corrected chi connectivity index (χ4v) is 13.7. The number of carboxylic acid groups (broad SMARTS) is 6. The van der Waals surface area contributed by atoms with Gasteiger partial charge in [-0.15, -0.1) is 11.3 Å². The second-order valence-electron chi connectivity index (χ2n) is 18.4. The van der Waals surface area contributed by atoms with Crippen molar-refractivity contribution in [2.75, 3.05) is 58.9 Å². The fourth-order valence-electron chi connectivity index (χ4n) is 6.71. The van der Waals surface area contributed by atoms with Gasteiger partial charge in [-0.3, -0.25) is 81.4 Å². The molecular weight excluding hydrogens is 1550 g/mol. The molecule has 5 rings (SSSR count). The maximum atomic E-state index is 12.3. The Morgan fingerprint density at radius 3 is 1.51 bits per heavy atom. The van der Waals surface area contributed by atoms with Gasteiger partial charge in [-0.2, -0.15) is 15.8 Å². The summed E-state index contributed by atoms with van der Waals surface area (Å²) in [7, 11) is -5.21. The first-order valence-electron chi connectivity index (χ1n) is 29.5. The zero-order valence-corrected chi connectivity index (χ0v) is 65.8. The number of rotatable bonds is 22. The summed E-state index contributed by atoms with van der Waals surface area (Å²) in [6.45, 7) is 22.1. The van der Waals surface area contributed by atoms with Crippen LogP contribution in [0.15, 0.2) is 67.1 Å². The SMILES string of the molecule is C/C=C(\C#N)C(=O)NCC(=O)O.C/C=C(\C#N)C(=O)O.C/C=C(\C#N)P(=O)(O)O.C/C=C1/CC(=S)N(CC(=O)O)C1=O.C/C=C1/SC(=S)N(CC(=O)O)C1=O.C/C=c1/s/c(=C2/SC(=S)N(CC)C2=O)n(CC(=O)O)c1=O.CCC1N=C(SCC(=O)O)NC1=O.CCO[Si](C)(OCC)OCC.COC=O. The van der Waals surface area contributed by atoms with Gasteiger partial charge in [0.15, 0.2) is 5.17 Å². The third-order valence-corrected chi connectivity index (χ3v) is 20.3. The van der Waals surface area contributed by atoms with E-state index in [1.807, 2.05) is 34.2 Å². The molecule has 0 spiro atoms. The first-order valence-corrected chi connectivity index (χ1v) is 38.0. The molecule has 1 aromatic rings. The maximum Gasteiger partial charge on any atom is 0.497 e. The molecule has 36 nitrogen and oxygen atoms in total. The Labute approximate surface area is 630 Å². The van der Waals surface area contributed by atoms with E-state index in [0.717, 1.165) is 67.1 Å². The van der Waals surface area contributed by atoms with Crippen LogP contribution in [0.4, 0.5) is 0 Å². The van der Waals surface area contributed by atoms with Gasteiger partial charge in [-0.25, -0.2) is 9.79 Å². The van der Waals surface area contributed by atoms with Gasteiger partial charge in [-0.05, 0) is 75.7 Å². The molecule has 4 aliphatic rings. The highest BCUT2D eigenvalue weighted by Crippen LogP contribution is 2.44. The summed E-state index contributed by atoms with van der Waals surface area (Å²) in [4.78, 5) is 165. The number of amides is 5. The molecule has 0 bridgehead atoms. The average molecular weight is 1630 g/mol. The highest BCUT2D eigenvalue weighted by molar-refractivity contribution is 8.30. The van der Waals surface area contributed by atoms with E-state index in [-0.39, 0.29) is 59.7 Å². The lowest BCUT2D eigenvalue weighted by molar-refractivity contribution is -0.140. The van der Waals surface area contributed by atoms with E-state index in [2.05, 4.69) is 20.4 Å². The number of nitrogens with zero attached hydrogens (tertiary/aromatic N) is 8. The summed E-state index contributed by atoms with van der Waals surface area (Å²) in [5.74, 6) is -8.24. The molecule has 572 valence electrons. The first kappa shape index (κ1) is 102. The van der Waals surface area contributed by atoms with Gasteiger partial charge in [0.05, 0.1) is 27.3 Å². The molecule has 0 aliphatic carbocycles. The van der Waals surface area contributed by atoms with Crippen LogP contribution in [0.25, 0.3) is 11.0 Å². The van der Waals surface area contributed by atoms with E-state index in [9.17, 15) is 62.1 Å². The van der Waals surface area contributed by atoms with Crippen LogP contribution in [-0.4, -0.2) is 224 Å². The number of carbonyl (C=O) groups excluding carboxylic acids is 6. The minimum atomic E-state index is -4.28. The average Bonchev–Trinajstić information content (AvgIpc) is 1.63. The van der Waals surface area contributed by atoms with E-state index < -0.39 is 82.1 Å². The molecule has 1 atom stereocenters. The van der Waals surface area contributed by atoms with Crippen molar-refractivity contribution in [1.82, 2.24) is 29.9 Å². The second-order valence-corrected chi connectivity index (χ2v) is 28.4. The molecule has 45 heteroatoms. The Morgan fingerprint density at radius 2 is 1.20 bits per heavy atom. The minimum absolute atomic E-state index is 0.0739.